The van der Waals surface area contributed by atoms with Crippen LogP contribution in [0.2, 0.25) is 5.02 Å². The highest BCUT2D eigenvalue weighted by Crippen LogP contribution is 2.28. The van der Waals surface area contributed by atoms with Crippen LogP contribution in [0, 0.1) is 0 Å². The number of pyridine rings is 1. The Morgan fingerprint density at radius 3 is 1.92 bits per heavy atom. The van der Waals surface area contributed by atoms with Gasteiger partial charge >= 0.3 is 0 Å². The standard InChI is InChI=1S/C30H28ClN5O2/c1-37-23-9-4-20(5-10-23)27-19-28(21-6-11-24(38-2)12-7-21)36-30(35-27)34-16-3-15-32-26-14-17-33-29-18-22(31)8-13-25(26)29/h4-14,17-19H,3,15-16H2,1-2H3,(H,32,33)(H,34,35,36). The summed E-state index contributed by atoms with van der Waals surface area (Å²) < 4.78 is 10.6. The molecule has 5 rings (SSSR count). The van der Waals surface area contributed by atoms with Crippen molar-refractivity contribution in [2.75, 3.05) is 37.9 Å². The Kier molecular flexibility index (Phi) is 7.85. The number of hydrogen-bond acceptors (Lipinski definition) is 7. The van der Waals surface area contributed by atoms with Gasteiger partial charge in [-0.15, -0.1) is 0 Å². The summed E-state index contributed by atoms with van der Waals surface area (Å²) in [6.45, 7) is 1.48. The van der Waals surface area contributed by atoms with Gasteiger partial charge in [-0.2, -0.15) is 0 Å². The summed E-state index contributed by atoms with van der Waals surface area (Å²) in [6.07, 6.45) is 2.66. The van der Waals surface area contributed by atoms with Gasteiger partial charge in [0.1, 0.15) is 11.5 Å². The molecule has 2 aromatic heterocycles. The third-order valence-corrected chi connectivity index (χ3v) is 6.39. The second-order valence-electron chi connectivity index (χ2n) is 8.65. The molecule has 5 aromatic rings. The quantitative estimate of drug-likeness (QED) is 0.191. The van der Waals surface area contributed by atoms with E-state index in [1.54, 1.807) is 20.4 Å². The smallest absolute Gasteiger partial charge is 0.223 e. The Labute approximate surface area is 226 Å². The van der Waals surface area contributed by atoms with Gasteiger partial charge in [-0.25, -0.2) is 9.97 Å². The summed E-state index contributed by atoms with van der Waals surface area (Å²) in [5.41, 5.74) is 5.53. The normalized spacial score (nSPS) is 10.8. The summed E-state index contributed by atoms with van der Waals surface area (Å²) >= 11 is 6.11. The van der Waals surface area contributed by atoms with Crippen LogP contribution >= 0.6 is 11.6 Å². The van der Waals surface area contributed by atoms with E-state index in [1.807, 2.05) is 78.9 Å². The van der Waals surface area contributed by atoms with Crippen molar-refractivity contribution in [2.24, 2.45) is 0 Å². The first-order valence-electron chi connectivity index (χ1n) is 12.3. The van der Waals surface area contributed by atoms with Gasteiger partial charge in [0.2, 0.25) is 5.95 Å². The van der Waals surface area contributed by atoms with Gasteiger partial charge in [0, 0.05) is 46.5 Å². The third kappa shape index (κ3) is 5.95. The maximum absolute atomic E-state index is 6.11. The Hall–Kier alpha value is -4.36. The molecular formula is C30H28ClN5O2. The molecule has 0 radical (unpaired) electrons. The maximum Gasteiger partial charge on any atom is 0.223 e. The van der Waals surface area contributed by atoms with E-state index < -0.39 is 0 Å². The Morgan fingerprint density at radius 1 is 0.711 bits per heavy atom. The third-order valence-electron chi connectivity index (χ3n) is 6.15. The molecule has 2 N–H and O–H groups in total. The van der Waals surface area contributed by atoms with E-state index in [9.17, 15) is 0 Å². The van der Waals surface area contributed by atoms with Crippen molar-refractivity contribution >= 4 is 34.1 Å². The minimum absolute atomic E-state index is 0.577. The lowest BCUT2D eigenvalue weighted by Crippen LogP contribution is -2.11. The van der Waals surface area contributed by atoms with Crippen LogP contribution in [0.4, 0.5) is 11.6 Å². The number of hydrogen-bond donors (Lipinski definition) is 2. The van der Waals surface area contributed by atoms with Gasteiger partial charge < -0.3 is 20.1 Å². The minimum atomic E-state index is 0.577. The Bertz CT molecular complexity index is 1460. The number of halogens is 1. The monoisotopic (exact) mass is 525 g/mol. The number of benzene rings is 3. The lowest BCUT2D eigenvalue weighted by Gasteiger charge is -2.12. The summed E-state index contributed by atoms with van der Waals surface area (Å²) in [4.78, 5) is 14.0. The first-order valence-corrected chi connectivity index (χ1v) is 12.7. The summed E-state index contributed by atoms with van der Waals surface area (Å²) in [6, 6.07) is 25.4. The molecule has 0 spiro atoms. The van der Waals surface area contributed by atoms with Crippen LogP contribution in [0.5, 0.6) is 11.5 Å². The van der Waals surface area contributed by atoms with Crippen LogP contribution in [0.3, 0.4) is 0 Å². The fourth-order valence-corrected chi connectivity index (χ4v) is 4.30. The zero-order valence-corrected chi connectivity index (χ0v) is 22.0. The van der Waals surface area contributed by atoms with Gasteiger partial charge in [0.05, 0.1) is 31.1 Å². The van der Waals surface area contributed by atoms with Crippen molar-refractivity contribution in [3.05, 3.63) is 90.1 Å². The second-order valence-corrected chi connectivity index (χ2v) is 9.08. The van der Waals surface area contributed by atoms with E-state index in [-0.39, 0.29) is 0 Å². The van der Waals surface area contributed by atoms with Gasteiger partial charge in [-0.3, -0.25) is 4.98 Å². The van der Waals surface area contributed by atoms with Crippen molar-refractivity contribution in [1.29, 1.82) is 0 Å². The van der Waals surface area contributed by atoms with E-state index in [0.717, 1.165) is 63.6 Å². The molecule has 0 aliphatic rings. The highest BCUT2D eigenvalue weighted by atomic mass is 35.5. The van der Waals surface area contributed by atoms with Crippen molar-refractivity contribution in [1.82, 2.24) is 15.0 Å². The first kappa shape index (κ1) is 25.3. The van der Waals surface area contributed by atoms with Crippen LogP contribution in [0.15, 0.2) is 85.1 Å². The van der Waals surface area contributed by atoms with Crippen LogP contribution in [0.25, 0.3) is 33.4 Å². The van der Waals surface area contributed by atoms with E-state index in [1.165, 1.54) is 0 Å². The molecule has 38 heavy (non-hydrogen) atoms. The molecule has 0 fully saturated rings. The fourth-order valence-electron chi connectivity index (χ4n) is 4.13. The first-order chi connectivity index (χ1) is 18.6. The lowest BCUT2D eigenvalue weighted by atomic mass is 10.1. The molecule has 8 heteroatoms. The number of rotatable bonds is 10. The Morgan fingerprint density at radius 2 is 1.32 bits per heavy atom. The molecule has 0 unspecified atom stereocenters. The molecular weight excluding hydrogens is 498 g/mol. The van der Waals surface area contributed by atoms with Crippen LogP contribution < -0.4 is 20.1 Å². The van der Waals surface area contributed by atoms with Crippen molar-refractivity contribution in [2.45, 2.75) is 6.42 Å². The highest BCUT2D eigenvalue weighted by Gasteiger charge is 2.10. The molecule has 0 amide bonds. The van der Waals surface area contributed by atoms with Gasteiger partial charge in [0.25, 0.3) is 0 Å². The number of nitrogens with one attached hydrogen (secondary N) is 2. The minimum Gasteiger partial charge on any atom is -0.497 e. The van der Waals surface area contributed by atoms with Crippen molar-refractivity contribution < 1.29 is 9.47 Å². The summed E-state index contributed by atoms with van der Waals surface area (Å²) in [5.74, 6) is 2.18. The number of methoxy groups -OCH3 is 2. The predicted molar refractivity (Wildman–Crippen MR) is 154 cm³/mol. The second kappa shape index (κ2) is 11.8. The number of anilines is 2. The van der Waals surface area contributed by atoms with Crippen LogP contribution in [-0.4, -0.2) is 42.3 Å². The predicted octanol–water partition coefficient (Wildman–Crippen LogP) is 6.94. The maximum atomic E-state index is 6.11. The highest BCUT2D eigenvalue weighted by molar-refractivity contribution is 6.31. The molecule has 192 valence electrons. The van der Waals surface area contributed by atoms with Crippen LogP contribution in [-0.2, 0) is 0 Å². The molecule has 3 aromatic carbocycles. The molecule has 0 bridgehead atoms. The zero-order valence-electron chi connectivity index (χ0n) is 21.2. The largest absolute Gasteiger partial charge is 0.497 e. The molecule has 0 aliphatic carbocycles. The van der Waals surface area contributed by atoms with Gasteiger partial charge in [-0.1, -0.05) is 11.6 Å². The van der Waals surface area contributed by atoms with Gasteiger partial charge in [-0.05, 0) is 85.3 Å². The van der Waals surface area contributed by atoms with E-state index in [2.05, 4.69) is 15.6 Å². The molecule has 0 atom stereocenters. The van der Waals surface area contributed by atoms with Gasteiger partial charge in [0.15, 0.2) is 0 Å². The molecule has 0 saturated carbocycles. The van der Waals surface area contributed by atoms with E-state index in [4.69, 9.17) is 31.0 Å². The molecule has 0 aliphatic heterocycles. The number of aromatic nitrogens is 3. The molecule has 2 heterocycles. The fraction of sp³-hybridized carbons (Fsp3) is 0.167. The average Bonchev–Trinajstić information content (AvgIpc) is 2.96. The SMILES string of the molecule is COc1ccc(-c2cc(-c3ccc(OC)cc3)nc(NCCCNc3ccnc4cc(Cl)ccc34)n2)cc1. The zero-order chi connectivity index (χ0) is 26.3. The lowest BCUT2D eigenvalue weighted by molar-refractivity contribution is 0.415. The van der Waals surface area contributed by atoms with Crippen molar-refractivity contribution in [3.63, 3.8) is 0 Å². The Balaban J connectivity index is 1.30. The number of nitrogens with zero attached hydrogens (tertiary/aromatic N) is 3. The summed E-state index contributed by atoms with van der Waals surface area (Å²) in [7, 11) is 3.32. The average molecular weight is 526 g/mol. The number of fused-ring (bicyclic) bond motifs is 1. The van der Waals surface area contributed by atoms with Crippen molar-refractivity contribution in [3.8, 4) is 34.0 Å². The van der Waals surface area contributed by atoms with E-state index in [0.29, 0.717) is 17.5 Å². The van der Waals surface area contributed by atoms with Crippen LogP contribution in [0.1, 0.15) is 6.42 Å². The molecule has 7 nitrogen and oxygen atoms in total. The number of ether oxygens (including phenoxy) is 2. The summed E-state index contributed by atoms with van der Waals surface area (Å²) in [5, 5.41) is 8.63. The topological polar surface area (TPSA) is 81.2 Å². The van der Waals surface area contributed by atoms with E-state index >= 15 is 0 Å². The molecule has 0 saturated heterocycles.